The van der Waals surface area contributed by atoms with Crippen LogP contribution in [0, 0.1) is 5.92 Å². The number of phenolic OH excluding ortho intramolecular Hbond substituents is 1. The van der Waals surface area contributed by atoms with E-state index >= 15 is 0 Å². The number of carboxylic acids is 2. The molecule has 2 saturated carbocycles. The molecule has 2 unspecified atom stereocenters. The Morgan fingerprint density at radius 1 is 1.06 bits per heavy atom. The van der Waals surface area contributed by atoms with Crippen molar-refractivity contribution in [1.82, 2.24) is 9.96 Å². The van der Waals surface area contributed by atoms with Crippen molar-refractivity contribution in [3.8, 4) is 17.2 Å². The van der Waals surface area contributed by atoms with Crippen molar-refractivity contribution in [3.05, 3.63) is 47.5 Å². The van der Waals surface area contributed by atoms with Crippen LogP contribution in [-0.2, 0) is 26.2 Å². The van der Waals surface area contributed by atoms with Gasteiger partial charge in [0.05, 0.1) is 15.9 Å². The summed E-state index contributed by atoms with van der Waals surface area (Å²) < 4.78 is 6.63. The fraction of sp³-hybridized carbons (Fsp3) is 0.545. The quantitative estimate of drug-likeness (QED) is 0.167. The molecule has 13 nitrogen and oxygen atoms in total. The van der Waals surface area contributed by atoms with E-state index in [1.807, 2.05) is 36.6 Å². The Morgan fingerprint density at radius 2 is 1.74 bits per heavy atom. The standard InChI is InChI=1S/C29H34N2O5S.C4H6O6/c1-17(32)31(36-22-5-3-4-6-23(22)37-2)20-11-12-29(34)24-15-19-9-10-21(33)26-25(19)28(29,27(20)35-26)13-14-30(24)16-18-7-8-18;5-1(3(7)8)2(6)4(9)10/h3-6,9-10,18,20,24,27,33-34H,7-8,11-16H2,1-2H3;1-2,5-6H,(H,7,8)(H,9,10)/t20-,24+,27-,28-,29+;/m0./s1. The fourth-order valence-corrected chi connectivity index (χ4v) is 8.65. The highest BCUT2D eigenvalue weighted by Gasteiger charge is 2.74. The second kappa shape index (κ2) is 12.5. The highest BCUT2D eigenvalue weighted by molar-refractivity contribution is 7.98. The largest absolute Gasteiger partial charge is 0.504 e. The second-order valence-electron chi connectivity index (χ2n) is 13.0. The molecule has 3 fully saturated rings. The number of hydroxylamine groups is 2. The van der Waals surface area contributed by atoms with E-state index in [1.165, 1.54) is 24.8 Å². The number of nitrogens with zero attached hydrogens (tertiary/aromatic N) is 2. The van der Waals surface area contributed by atoms with Crippen LogP contribution in [0.3, 0.4) is 0 Å². The Hall–Kier alpha value is -3.56. The van der Waals surface area contributed by atoms with E-state index in [9.17, 15) is 24.6 Å². The van der Waals surface area contributed by atoms with Crippen LogP contribution in [0.25, 0.3) is 0 Å². The molecule has 2 aromatic rings. The molecule has 0 radical (unpaired) electrons. The number of thioether (sulfide) groups is 1. The van der Waals surface area contributed by atoms with Gasteiger partial charge in [-0.05, 0) is 81.0 Å². The number of benzene rings is 2. The Labute approximate surface area is 275 Å². The summed E-state index contributed by atoms with van der Waals surface area (Å²) in [4.78, 5) is 42.4. The number of hydrogen-bond acceptors (Lipinski definition) is 11. The van der Waals surface area contributed by atoms with Crippen molar-refractivity contribution in [2.24, 2.45) is 5.92 Å². The normalized spacial score (nSPS) is 29.7. The number of aromatic hydroxyl groups is 1. The topological polar surface area (TPSA) is 198 Å². The van der Waals surface area contributed by atoms with Crippen LogP contribution in [0.1, 0.15) is 50.2 Å². The lowest BCUT2D eigenvalue weighted by Crippen LogP contribution is -2.78. The number of amides is 1. The first-order valence-electron chi connectivity index (χ1n) is 15.7. The average molecular weight is 673 g/mol. The van der Waals surface area contributed by atoms with Crippen LogP contribution in [0.5, 0.6) is 17.2 Å². The highest BCUT2D eigenvalue weighted by Crippen LogP contribution is 2.66. The number of piperidine rings is 1. The van der Waals surface area contributed by atoms with Crippen LogP contribution >= 0.6 is 11.8 Å². The van der Waals surface area contributed by atoms with Crippen molar-refractivity contribution in [1.29, 1.82) is 0 Å². The fourth-order valence-electron chi connectivity index (χ4n) is 8.13. The van der Waals surface area contributed by atoms with Crippen LogP contribution < -0.4 is 9.57 Å². The van der Waals surface area contributed by atoms with Crippen molar-refractivity contribution in [2.75, 3.05) is 19.3 Å². The zero-order valence-corrected chi connectivity index (χ0v) is 26.9. The number of hydrogen-bond donors (Lipinski definition) is 6. The maximum absolute atomic E-state index is 13.1. The van der Waals surface area contributed by atoms with Gasteiger partial charge in [0.1, 0.15) is 12.1 Å². The molecule has 7 rings (SSSR count). The van der Waals surface area contributed by atoms with Crippen LogP contribution in [0.15, 0.2) is 41.3 Å². The molecule has 1 amide bonds. The molecule has 7 atom stereocenters. The number of carbonyl (C=O) groups is 3. The lowest BCUT2D eigenvalue weighted by Gasteiger charge is -2.64. The molecule has 2 aromatic carbocycles. The van der Waals surface area contributed by atoms with Crippen molar-refractivity contribution in [2.45, 2.75) is 91.8 Å². The lowest BCUT2D eigenvalue weighted by molar-refractivity contribution is -0.225. The van der Waals surface area contributed by atoms with Crippen molar-refractivity contribution in [3.63, 3.8) is 0 Å². The van der Waals surface area contributed by atoms with Gasteiger partial charge in [-0.15, -0.1) is 11.8 Å². The molecule has 14 heteroatoms. The Morgan fingerprint density at radius 3 is 2.36 bits per heavy atom. The average Bonchev–Trinajstić information content (AvgIpc) is 3.79. The number of aliphatic hydroxyl groups is 3. The van der Waals surface area contributed by atoms with Gasteiger partial charge in [0.2, 0.25) is 0 Å². The minimum Gasteiger partial charge on any atom is -0.504 e. The van der Waals surface area contributed by atoms with Crippen LogP contribution in [0.4, 0.5) is 0 Å². The smallest absolute Gasteiger partial charge is 0.335 e. The van der Waals surface area contributed by atoms with E-state index in [1.54, 1.807) is 17.8 Å². The first-order valence-corrected chi connectivity index (χ1v) is 17.0. The van der Waals surface area contributed by atoms with E-state index in [4.69, 9.17) is 30.0 Å². The van der Waals surface area contributed by atoms with E-state index in [2.05, 4.69) is 4.90 Å². The molecular weight excluding hydrogens is 632 g/mol. The van der Waals surface area contributed by atoms with Crippen molar-refractivity contribution < 1.29 is 54.6 Å². The maximum atomic E-state index is 13.1. The van der Waals surface area contributed by atoms with E-state index < -0.39 is 47.3 Å². The van der Waals surface area contributed by atoms with Gasteiger partial charge in [-0.2, -0.15) is 5.06 Å². The zero-order valence-electron chi connectivity index (χ0n) is 26.1. The molecule has 47 heavy (non-hydrogen) atoms. The van der Waals surface area contributed by atoms with Gasteiger partial charge in [-0.1, -0.05) is 18.2 Å². The molecule has 2 heterocycles. The Bertz CT molecular complexity index is 1550. The number of aliphatic hydroxyl groups excluding tert-OH is 2. The molecule has 2 bridgehead atoms. The van der Waals surface area contributed by atoms with E-state index in [0.29, 0.717) is 24.3 Å². The summed E-state index contributed by atoms with van der Waals surface area (Å²) in [5.74, 6) is -1.79. The van der Waals surface area contributed by atoms with Gasteiger partial charge >= 0.3 is 11.9 Å². The number of carbonyl (C=O) groups excluding carboxylic acids is 1. The van der Waals surface area contributed by atoms with Gasteiger partial charge in [0.15, 0.2) is 29.5 Å². The molecule has 0 aromatic heterocycles. The van der Waals surface area contributed by atoms with Crippen molar-refractivity contribution >= 4 is 29.6 Å². The van der Waals surface area contributed by atoms with Crippen LogP contribution in [0.2, 0.25) is 0 Å². The maximum Gasteiger partial charge on any atom is 0.335 e. The first-order chi connectivity index (χ1) is 22.3. The number of para-hydroxylation sites is 1. The summed E-state index contributed by atoms with van der Waals surface area (Å²) in [7, 11) is 0. The summed E-state index contributed by atoms with van der Waals surface area (Å²) in [5.41, 5.74) is 0.417. The minimum atomic E-state index is -2.27. The molecule has 1 spiro atoms. The van der Waals surface area contributed by atoms with Gasteiger partial charge in [0, 0.05) is 25.1 Å². The minimum absolute atomic E-state index is 0.000747. The molecule has 2 aliphatic heterocycles. The highest BCUT2D eigenvalue weighted by atomic mass is 32.2. The molecule has 254 valence electrons. The first kappa shape index (κ1) is 33.3. The third-order valence-electron chi connectivity index (χ3n) is 10.4. The number of aliphatic carboxylic acids is 2. The molecule has 6 N–H and O–H groups in total. The summed E-state index contributed by atoms with van der Waals surface area (Å²) in [6.07, 6.45) is 2.08. The molecule has 3 aliphatic carbocycles. The predicted molar refractivity (Wildman–Crippen MR) is 167 cm³/mol. The van der Waals surface area contributed by atoms with E-state index in [0.717, 1.165) is 47.9 Å². The summed E-state index contributed by atoms with van der Waals surface area (Å²) in [6.45, 7) is 3.43. The van der Waals surface area contributed by atoms with E-state index in [-0.39, 0.29) is 17.7 Å². The SMILES string of the molecule is CSc1ccccc1ON(C(C)=O)[C@H]1CC[C@@]2(O)[C@H]3Cc4ccc(O)c5c4[C@@]2(CCN3CC2CC2)[C@H]1O5.O=C(O)C(O)C(O)C(=O)O. The monoisotopic (exact) mass is 672 g/mol. The lowest BCUT2D eigenvalue weighted by atomic mass is 9.48. The molecule has 5 aliphatic rings. The second-order valence-corrected chi connectivity index (χ2v) is 13.9. The summed E-state index contributed by atoms with van der Waals surface area (Å²) in [6, 6.07) is 11.0. The Balaban J connectivity index is 0.000000337. The van der Waals surface area contributed by atoms with Gasteiger partial charge in [-0.25, -0.2) is 9.59 Å². The van der Waals surface area contributed by atoms with Gasteiger partial charge in [-0.3, -0.25) is 9.69 Å². The van der Waals surface area contributed by atoms with Crippen LogP contribution in [-0.4, -0.2) is 114 Å². The third kappa shape index (κ3) is 5.49. The predicted octanol–water partition coefficient (Wildman–Crippen LogP) is 1.77. The summed E-state index contributed by atoms with van der Waals surface area (Å²) in [5, 5.41) is 57.5. The number of rotatable bonds is 9. The molecule has 1 saturated heterocycles. The zero-order chi connectivity index (χ0) is 33.8. The number of carboxylic acid groups (broad SMARTS) is 2. The number of phenols is 1. The van der Waals surface area contributed by atoms with Gasteiger partial charge in [0.25, 0.3) is 5.91 Å². The van der Waals surface area contributed by atoms with Gasteiger partial charge < -0.3 is 40.2 Å². The third-order valence-corrected chi connectivity index (χ3v) is 11.2. The Kier molecular flexibility index (Phi) is 8.85. The number of ether oxygens (including phenoxy) is 1. The molecular formula is C33H40N2O11S. The number of likely N-dealkylation sites (tertiary alicyclic amines) is 1. The summed E-state index contributed by atoms with van der Waals surface area (Å²) >= 11 is 1.57.